The number of carbonyl (C=O) groups is 2. The minimum absolute atomic E-state index is 0.261. The Hall–Kier alpha value is -1.32. The number of ether oxygens (including phenoxy) is 1. The van der Waals surface area contributed by atoms with Gasteiger partial charge in [-0.05, 0) is 0 Å². The fourth-order valence-corrected chi connectivity index (χ4v) is 1.75. The third kappa shape index (κ3) is 2.87. The Balaban J connectivity index is 1.98. The SMILES string of the molecule is O=C1NCC(=S)C(OC2NC(=O)NCC2=S)N1. The Labute approximate surface area is 108 Å². The van der Waals surface area contributed by atoms with Crippen LogP contribution in [0.1, 0.15) is 0 Å². The quantitative estimate of drug-likeness (QED) is 0.486. The average Bonchev–Trinajstić information content (AvgIpc) is 2.28. The molecule has 0 bridgehead atoms. The molecule has 92 valence electrons. The Morgan fingerprint density at radius 2 is 1.35 bits per heavy atom. The summed E-state index contributed by atoms with van der Waals surface area (Å²) in [6.45, 7) is 0.523. The van der Waals surface area contributed by atoms with Crippen molar-refractivity contribution in [2.45, 2.75) is 12.5 Å². The molecule has 7 nitrogen and oxygen atoms in total. The molecular formula is C8H10N4O3S2. The first-order valence-corrected chi connectivity index (χ1v) is 5.67. The summed E-state index contributed by atoms with van der Waals surface area (Å²) in [4.78, 5) is 23.2. The number of carbonyl (C=O) groups excluding carboxylic acids is 2. The first kappa shape index (κ1) is 12.1. The van der Waals surface area contributed by atoms with Gasteiger partial charge in [-0.3, -0.25) is 0 Å². The molecule has 0 spiro atoms. The monoisotopic (exact) mass is 274 g/mol. The van der Waals surface area contributed by atoms with E-state index in [1.807, 2.05) is 0 Å². The summed E-state index contributed by atoms with van der Waals surface area (Å²) >= 11 is 10.1. The number of hydrogen-bond acceptors (Lipinski definition) is 5. The fourth-order valence-electron chi connectivity index (χ4n) is 1.38. The van der Waals surface area contributed by atoms with Crippen LogP contribution in [0.15, 0.2) is 0 Å². The van der Waals surface area contributed by atoms with Crippen molar-refractivity contribution >= 4 is 46.2 Å². The van der Waals surface area contributed by atoms with Gasteiger partial charge in [0, 0.05) is 0 Å². The predicted molar refractivity (Wildman–Crippen MR) is 66.9 cm³/mol. The second kappa shape index (κ2) is 4.90. The van der Waals surface area contributed by atoms with E-state index in [-0.39, 0.29) is 25.2 Å². The lowest BCUT2D eigenvalue weighted by atomic mass is 10.3. The van der Waals surface area contributed by atoms with E-state index in [9.17, 15) is 9.59 Å². The molecular weight excluding hydrogens is 264 g/mol. The van der Waals surface area contributed by atoms with E-state index in [1.165, 1.54) is 0 Å². The van der Waals surface area contributed by atoms with Gasteiger partial charge in [-0.15, -0.1) is 0 Å². The Kier molecular flexibility index (Phi) is 3.50. The molecule has 2 atom stereocenters. The van der Waals surface area contributed by atoms with Gasteiger partial charge in [0.25, 0.3) is 0 Å². The molecule has 0 radical (unpaired) electrons. The van der Waals surface area contributed by atoms with Crippen LogP contribution in [-0.4, -0.2) is 47.3 Å². The molecule has 2 aliphatic heterocycles. The van der Waals surface area contributed by atoms with E-state index in [0.29, 0.717) is 9.73 Å². The molecule has 2 heterocycles. The van der Waals surface area contributed by atoms with Crippen molar-refractivity contribution in [2.24, 2.45) is 0 Å². The molecule has 0 aromatic carbocycles. The second-order valence-electron chi connectivity index (χ2n) is 3.48. The number of hydrogen-bond donors (Lipinski definition) is 4. The van der Waals surface area contributed by atoms with E-state index in [4.69, 9.17) is 29.2 Å². The highest BCUT2D eigenvalue weighted by atomic mass is 32.1. The Bertz CT molecular complexity index is 364. The summed E-state index contributed by atoms with van der Waals surface area (Å²) in [6.07, 6.45) is -1.44. The van der Waals surface area contributed by atoms with Crippen LogP contribution in [0.5, 0.6) is 0 Å². The molecule has 4 N–H and O–H groups in total. The van der Waals surface area contributed by atoms with Crippen LogP contribution in [0.3, 0.4) is 0 Å². The van der Waals surface area contributed by atoms with Gasteiger partial charge in [0.2, 0.25) is 0 Å². The molecule has 17 heavy (non-hydrogen) atoms. The van der Waals surface area contributed by atoms with Crippen molar-refractivity contribution in [3.8, 4) is 0 Å². The van der Waals surface area contributed by atoms with Crippen LogP contribution in [0.25, 0.3) is 0 Å². The van der Waals surface area contributed by atoms with Gasteiger partial charge in [-0.2, -0.15) is 0 Å². The van der Waals surface area contributed by atoms with Crippen molar-refractivity contribution in [1.29, 1.82) is 0 Å². The van der Waals surface area contributed by atoms with Crippen LogP contribution in [-0.2, 0) is 4.74 Å². The molecule has 2 aliphatic rings. The standard InChI is InChI=1S/C8H10N4O3S2/c13-7-9-1-3(16)5(11-7)15-6-4(17)2-10-8(14)12-6/h5-6H,1-2H2,(H2,9,11,13)(H2,10,12,14). The van der Waals surface area contributed by atoms with E-state index in [0.717, 1.165) is 0 Å². The van der Waals surface area contributed by atoms with Crippen LogP contribution < -0.4 is 21.3 Å². The number of nitrogens with one attached hydrogen (secondary N) is 4. The highest BCUT2D eigenvalue weighted by molar-refractivity contribution is 7.80. The lowest BCUT2D eigenvalue weighted by Gasteiger charge is -2.32. The maximum absolute atomic E-state index is 11.1. The van der Waals surface area contributed by atoms with Crippen LogP contribution in [0.2, 0.25) is 0 Å². The molecule has 2 unspecified atom stereocenters. The van der Waals surface area contributed by atoms with Crippen molar-refractivity contribution in [3.05, 3.63) is 0 Å². The number of rotatable bonds is 2. The van der Waals surface area contributed by atoms with Crippen LogP contribution in [0.4, 0.5) is 9.59 Å². The Morgan fingerprint density at radius 1 is 0.941 bits per heavy atom. The van der Waals surface area contributed by atoms with E-state index in [2.05, 4.69) is 21.3 Å². The minimum Gasteiger partial charge on any atom is -0.333 e. The normalized spacial score (nSPS) is 28.9. The zero-order valence-electron chi connectivity index (χ0n) is 8.61. The zero-order valence-corrected chi connectivity index (χ0v) is 10.2. The highest BCUT2D eigenvalue weighted by Crippen LogP contribution is 2.04. The average molecular weight is 274 g/mol. The first-order chi connectivity index (χ1) is 8.06. The Morgan fingerprint density at radius 3 is 1.76 bits per heavy atom. The smallest absolute Gasteiger partial charge is 0.317 e. The first-order valence-electron chi connectivity index (χ1n) is 4.86. The van der Waals surface area contributed by atoms with Crippen molar-refractivity contribution < 1.29 is 14.3 Å². The van der Waals surface area contributed by atoms with Gasteiger partial charge < -0.3 is 26.0 Å². The second-order valence-corrected chi connectivity index (χ2v) is 4.53. The third-order valence-electron chi connectivity index (χ3n) is 2.23. The fraction of sp³-hybridized carbons (Fsp3) is 0.500. The van der Waals surface area contributed by atoms with Gasteiger partial charge in [0.15, 0.2) is 12.5 Å². The topological polar surface area (TPSA) is 91.5 Å². The van der Waals surface area contributed by atoms with Crippen molar-refractivity contribution in [1.82, 2.24) is 21.3 Å². The predicted octanol–water partition coefficient (Wildman–Crippen LogP) is -0.979. The number of thiocarbonyl (C=S) groups is 2. The molecule has 0 aromatic heterocycles. The number of amides is 4. The summed E-state index contributed by atoms with van der Waals surface area (Å²) in [5.41, 5.74) is 0. The summed E-state index contributed by atoms with van der Waals surface area (Å²) in [5, 5.41) is 10.0. The maximum atomic E-state index is 11.1. The van der Waals surface area contributed by atoms with E-state index in [1.54, 1.807) is 0 Å². The molecule has 2 rings (SSSR count). The lowest BCUT2D eigenvalue weighted by Crippen LogP contribution is -2.62. The zero-order chi connectivity index (χ0) is 12.4. The highest BCUT2D eigenvalue weighted by Gasteiger charge is 2.30. The summed E-state index contributed by atoms with van der Waals surface area (Å²) < 4.78 is 5.47. The molecule has 4 amide bonds. The van der Waals surface area contributed by atoms with Gasteiger partial charge >= 0.3 is 12.1 Å². The number of urea groups is 2. The maximum Gasteiger partial charge on any atom is 0.317 e. The van der Waals surface area contributed by atoms with Crippen LogP contribution >= 0.6 is 24.4 Å². The minimum atomic E-state index is -0.722. The summed E-state index contributed by atoms with van der Waals surface area (Å²) in [6, 6.07) is -0.732. The van der Waals surface area contributed by atoms with E-state index >= 15 is 0 Å². The van der Waals surface area contributed by atoms with E-state index < -0.39 is 12.5 Å². The van der Waals surface area contributed by atoms with Gasteiger partial charge in [0.05, 0.1) is 22.8 Å². The third-order valence-corrected chi connectivity index (χ3v) is 2.94. The molecule has 2 saturated heterocycles. The molecule has 0 aromatic rings. The molecule has 9 heteroatoms. The van der Waals surface area contributed by atoms with Crippen LogP contribution in [0, 0.1) is 0 Å². The largest absolute Gasteiger partial charge is 0.333 e. The summed E-state index contributed by atoms with van der Waals surface area (Å²) in [7, 11) is 0. The van der Waals surface area contributed by atoms with Gasteiger partial charge in [-0.1, -0.05) is 24.4 Å². The van der Waals surface area contributed by atoms with Gasteiger partial charge in [0.1, 0.15) is 0 Å². The lowest BCUT2D eigenvalue weighted by molar-refractivity contribution is 0.0346. The molecule has 0 aliphatic carbocycles. The van der Waals surface area contributed by atoms with Crippen molar-refractivity contribution in [2.75, 3.05) is 13.1 Å². The molecule has 2 fully saturated rings. The molecule has 0 saturated carbocycles. The van der Waals surface area contributed by atoms with Crippen molar-refractivity contribution in [3.63, 3.8) is 0 Å². The summed E-state index contributed by atoms with van der Waals surface area (Å²) in [5.74, 6) is 0. The van der Waals surface area contributed by atoms with Gasteiger partial charge in [-0.25, -0.2) is 9.59 Å².